The molecular weight excluding hydrogens is 422 g/mol. The van der Waals surface area contributed by atoms with E-state index in [-0.39, 0.29) is 11.9 Å². The monoisotopic (exact) mass is 447 g/mol. The topological polar surface area (TPSA) is 60.1 Å². The van der Waals surface area contributed by atoms with Crippen molar-refractivity contribution < 1.29 is 9.21 Å². The number of hydrogen-bond donors (Lipinski definition) is 1. The van der Waals surface area contributed by atoms with Gasteiger partial charge in [-0.25, -0.2) is 4.68 Å². The molecule has 5 rings (SSSR count). The molecule has 0 fully saturated rings. The second kappa shape index (κ2) is 9.63. The van der Waals surface area contributed by atoms with Crippen molar-refractivity contribution in [3.63, 3.8) is 0 Å². The van der Waals surface area contributed by atoms with Gasteiger partial charge in [-0.3, -0.25) is 4.79 Å². The molecule has 2 heterocycles. The molecule has 0 radical (unpaired) electrons. The van der Waals surface area contributed by atoms with Gasteiger partial charge in [0.15, 0.2) is 5.76 Å². The lowest BCUT2D eigenvalue weighted by Gasteiger charge is -2.20. The molecular formula is C29H25N3O2. The third-order valence-electron chi connectivity index (χ3n) is 5.75. The lowest BCUT2D eigenvalue weighted by atomic mass is 9.98. The van der Waals surface area contributed by atoms with Crippen LogP contribution in [0.1, 0.15) is 33.2 Å². The molecule has 34 heavy (non-hydrogen) atoms. The predicted molar refractivity (Wildman–Crippen MR) is 133 cm³/mol. The number of aromatic nitrogens is 2. The number of nitrogens with zero attached hydrogens (tertiary/aromatic N) is 2. The number of hydrogen-bond acceptors (Lipinski definition) is 3. The molecule has 0 bridgehead atoms. The first-order valence-electron chi connectivity index (χ1n) is 11.3. The minimum atomic E-state index is -0.198. The van der Waals surface area contributed by atoms with Gasteiger partial charge in [0.25, 0.3) is 5.91 Å². The van der Waals surface area contributed by atoms with Crippen molar-refractivity contribution in [3.8, 4) is 17.1 Å². The molecule has 168 valence electrons. The Labute approximate surface area is 198 Å². The van der Waals surface area contributed by atoms with E-state index < -0.39 is 0 Å². The van der Waals surface area contributed by atoms with Gasteiger partial charge in [-0.15, -0.1) is 0 Å². The number of amides is 1. The maximum absolute atomic E-state index is 13.7. The van der Waals surface area contributed by atoms with E-state index >= 15 is 0 Å². The first-order chi connectivity index (χ1) is 16.7. The third kappa shape index (κ3) is 4.69. The highest BCUT2D eigenvalue weighted by molar-refractivity contribution is 5.94. The Morgan fingerprint density at radius 1 is 0.912 bits per heavy atom. The van der Waals surface area contributed by atoms with Gasteiger partial charge in [0, 0.05) is 6.07 Å². The Bertz CT molecular complexity index is 1370. The number of carbonyl (C=O) groups is 1. The van der Waals surface area contributed by atoms with Crippen molar-refractivity contribution in [3.05, 3.63) is 132 Å². The summed E-state index contributed by atoms with van der Waals surface area (Å²) in [5, 5.41) is 7.96. The van der Waals surface area contributed by atoms with Crippen LogP contribution < -0.4 is 5.32 Å². The summed E-state index contributed by atoms with van der Waals surface area (Å²) in [6.45, 7) is 2.02. The van der Waals surface area contributed by atoms with Gasteiger partial charge in [0.1, 0.15) is 11.4 Å². The normalized spacial score (nSPS) is 11.8. The maximum Gasteiger partial charge on any atom is 0.270 e. The zero-order valence-corrected chi connectivity index (χ0v) is 18.9. The summed E-state index contributed by atoms with van der Waals surface area (Å²) in [5.41, 5.74) is 5.17. The molecule has 0 saturated carbocycles. The second-order valence-electron chi connectivity index (χ2n) is 8.27. The van der Waals surface area contributed by atoms with Crippen LogP contribution in [-0.4, -0.2) is 15.7 Å². The molecule has 0 spiro atoms. The van der Waals surface area contributed by atoms with Gasteiger partial charge in [0.2, 0.25) is 0 Å². The molecule has 1 atom stereocenters. The van der Waals surface area contributed by atoms with Crippen LogP contribution in [0.3, 0.4) is 0 Å². The quantitative estimate of drug-likeness (QED) is 0.325. The van der Waals surface area contributed by atoms with Crippen LogP contribution in [0.2, 0.25) is 0 Å². The van der Waals surface area contributed by atoms with Crippen LogP contribution >= 0.6 is 0 Å². The van der Waals surface area contributed by atoms with Gasteiger partial charge in [-0.1, -0.05) is 72.8 Å². The van der Waals surface area contributed by atoms with Gasteiger partial charge in [0.05, 0.1) is 18.0 Å². The number of aryl methyl sites for hydroxylation is 1. The molecule has 0 aliphatic rings. The molecule has 3 aromatic carbocycles. The Balaban J connectivity index is 1.52. The van der Waals surface area contributed by atoms with Gasteiger partial charge < -0.3 is 9.73 Å². The smallest absolute Gasteiger partial charge is 0.270 e. The largest absolute Gasteiger partial charge is 0.463 e. The molecule has 2 aromatic heterocycles. The molecule has 0 aliphatic carbocycles. The van der Waals surface area contributed by atoms with Crippen LogP contribution in [0, 0.1) is 6.92 Å². The van der Waals surface area contributed by atoms with E-state index in [1.165, 1.54) is 0 Å². The number of nitrogens with one attached hydrogen (secondary N) is 1. The van der Waals surface area contributed by atoms with E-state index in [2.05, 4.69) is 17.4 Å². The van der Waals surface area contributed by atoms with Crippen LogP contribution in [0.5, 0.6) is 0 Å². The zero-order chi connectivity index (χ0) is 23.3. The summed E-state index contributed by atoms with van der Waals surface area (Å²) in [7, 11) is 0. The molecule has 5 heteroatoms. The number of furan rings is 1. The Hall–Kier alpha value is -4.38. The first-order valence-corrected chi connectivity index (χ1v) is 11.3. The van der Waals surface area contributed by atoms with Crippen LogP contribution in [0.25, 0.3) is 17.1 Å². The summed E-state index contributed by atoms with van der Waals surface area (Å²) >= 11 is 0. The van der Waals surface area contributed by atoms with Crippen molar-refractivity contribution in [2.45, 2.75) is 19.4 Å². The minimum Gasteiger partial charge on any atom is -0.463 e. The van der Waals surface area contributed by atoms with E-state index in [0.717, 1.165) is 22.4 Å². The van der Waals surface area contributed by atoms with E-state index in [1.54, 1.807) is 17.0 Å². The Morgan fingerprint density at radius 2 is 1.68 bits per heavy atom. The summed E-state index contributed by atoms with van der Waals surface area (Å²) < 4.78 is 7.23. The molecule has 5 aromatic rings. The SMILES string of the molecule is Cc1cccc(-n2nc(-c3ccco3)cc2C(=O)NC(Cc2ccccc2)c2ccccc2)c1. The molecule has 1 N–H and O–H groups in total. The molecule has 0 aliphatic heterocycles. The summed E-state index contributed by atoms with van der Waals surface area (Å²) in [5.74, 6) is 0.418. The number of rotatable bonds is 7. The standard InChI is InChI=1S/C29H25N3O2/c1-21-10-8-15-24(18-21)32-27(20-26(31-32)28-16-9-17-34-28)29(33)30-25(23-13-6-3-7-14-23)19-22-11-4-2-5-12-22/h2-18,20,25H,19H2,1H3,(H,30,33). The molecule has 0 saturated heterocycles. The van der Waals surface area contributed by atoms with Crippen molar-refractivity contribution >= 4 is 5.91 Å². The fourth-order valence-corrected chi connectivity index (χ4v) is 4.06. The van der Waals surface area contributed by atoms with Crippen LogP contribution in [0.4, 0.5) is 0 Å². The van der Waals surface area contributed by atoms with Gasteiger partial charge in [-0.2, -0.15) is 5.10 Å². The fourth-order valence-electron chi connectivity index (χ4n) is 4.06. The third-order valence-corrected chi connectivity index (χ3v) is 5.75. The Kier molecular flexibility index (Phi) is 6.08. The highest BCUT2D eigenvalue weighted by Crippen LogP contribution is 2.24. The summed E-state index contributed by atoms with van der Waals surface area (Å²) in [6.07, 6.45) is 2.28. The van der Waals surface area contributed by atoms with Crippen LogP contribution in [-0.2, 0) is 6.42 Å². The zero-order valence-electron chi connectivity index (χ0n) is 18.9. The van der Waals surface area contributed by atoms with E-state index in [4.69, 9.17) is 9.52 Å². The van der Waals surface area contributed by atoms with Crippen molar-refractivity contribution in [2.24, 2.45) is 0 Å². The second-order valence-corrected chi connectivity index (χ2v) is 8.27. The van der Waals surface area contributed by atoms with E-state index in [0.29, 0.717) is 23.6 Å². The lowest BCUT2D eigenvalue weighted by Crippen LogP contribution is -2.31. The fraction of sp³-hybridized carbons (Fsp3) is 0.103. The van der Waals surface area contributed by atoms with Gasteiger partial charge >= 0.3 is 0 Å². The number of benzene rings is 3. The van der Waals surface area contributed by atoms with E-state index in [9.17, 15) is 4.79 Å². The Morgan fingerprint density at radius 3 is 2.38 bits per heavy atom. The minimum absolute atomic E-state index is 0.191. The van der Waals surface area contributed by atoms with E-state index in [1.807, 2.05) is 91.9 Å². The molecule has 1 amide bonds. The number of carbonyl (C=O) groups excluding carboxylic acids is 1. The maximum atomic E-state index is 13.7. The van der Waals surface area contributed by atoms with Gasteiger partial charge in [-0.05, 0) is 54.3 Å². The predicted octanol–water partition coefficient (Wildman–Crippen LogP) is 6.15. The average molecular weight is 448 g/mol. The molecule has 5 nitrogen and oxygen atoms in total. The van der Waals surface area contributed by atoms with Crippen molar-refractivity contribution in [1.82, 2.24) is 15.1 Å². The van der Waals surface area contributed by atoms with Crippen molar-refractivity contribution in [2.75, 3.05) is 0 Å². The van der Waals surface area contributed by atoms with Crippen LogP contribution in [0.15, 0.2) is 114 Å². The summed E-state index contributed by atoms with van der Waals surface area (Å²) in [4.78, 5) is 13.7. The highest BCUT2D eigenvalue weighted by Gasteiger charge is 2.22. The van der Waals surface area contributed by atoms with Crippen molar-refractivity contribution in [1.29, 1.82) is 0 Å². The first kappa shape index (κ1) is 21.5. The average Bonchev–Trinajstić information content (AvgIpc) is 3.55. The lowest BCUT2D eigenvalue weighted by molar-refractivity contribution is 0.0928. The molecule has 1 unspecified atom stereocenters. The highest BCUT2D eigenvalue weighted by atomic mass is 16.3. The summed E-state index contributed by atoms with van der Waals surface area (Å²) in [6, 6.07) is 33.4.